The number of rotatable bonds is 5. The quantitative estimate of drug-likeness (QED) is 0.886. The maximum absolute atomic E-state index is 11.5. The van der Waals surface area contributed by atoms with Gasteiger partial charge in [-0.05, 0) is 18.2 Å². The number of primary sulfonamides is 1. The molecule has 0 aliphatic rings. The second-order valence-electron chi connectivity index (χ2n) is 3.79. The molecule has 6 nitrogen and oxygen atoms in total. The van der Waals surface area contributed by atoms with Crippen LogP contribution in [0.5, 0.6) is 5.75 Å². The summed E-state index contributed by atoms with van der Waals surface area (Å²) in [6.07, 6.45) is 5.12. The van der Waals surface area contributed by atoms with Gasteiger partial charge < -0.3 is 9.30 Å². The van der Waals surface area contributed by atoms with E-state index in [0.717, 1.165) is 0 Å². The number of hydrogen-bond acceptors (Lipinski definition) is 4. The number of hydrogen-bond donors (Lipinski definition) is 1. The van der Waals surface area contributed by atoms with Crippen LogP contribution in [0.3, 0.4) is 0 Å². The number of benzene rings is 1. The number of halogens is 1. The summed E-state index contributed by atoms with van der Waals surface area (Å²) in [5.41, 5.74) is 0. The van der Waals surface area contributed by atoms with E-state index in [1.54, 1.807) is 30.9 Å². The van der Waals surface area contributed by atoms with E-state index in [0.29, 0.717) is 17.6 Å². The second kappa shape index (κ2) is 5.72. The first-order chi connectivity index (χ1) is 8.97. The number of aromatic nitrogens is 2. The molecule has 0 aliphatic heterocycles. The zero-order chi connectivity index (χ0) is 13.9. The molecule has 2 rings (SSSR count). The van der Waals surface area contributed by atoms with E-state index in [2.05, 4.69) is 20.9 Å². The van der Waals surface area contributed by atoms with Gasteiger partial charge in [-0.15, -0.1) is 0 Å². The van der Waals surface area contributed by atoms with Crippen LogP contribution < -0.4 is 9.88 Å². The lowest BCUT2D eigenvalue weighted by molar-refractivity contribution is 0.291. The Morgan fingerprint density at radius 3 is 2.84 bits per heavy atom. The van der Waals surface area contributed by atoms with E-state index in [1.165, 1.54) is 6.07 Å². The van der Waals surface area contributed by atoms with Gasteiger partial charge >= 0.3 is 0 Å². The van der Waals surface area contributed by atoms with Crippen molar-refractivity contribution in [1.82, 2.24) is 9.55 Å². The van der Waals surface area contributed by atoms with Crippen LogP contribution in [0.1, 0.15) is 0 Å². The Balaban J connectivity index is 2.12. The molecule has 1 heterocycles. The molecule has 0 aliphatic carbocycles. The van der Waals surface area contributed by atoms with Gasteiger partial charge in [0.1, 0.15) is 17.3 Å². The van der Waals surface area contributed by atoms with E-state index < -0.39 is 10.0 Å². The molecule has 1 aromatic carbocycles. The molecule has 2 N–H and O–H groups in total. The maximum Gasteiger partial charge on any atom is 0.241 e. The van der Waals surface area contributed by atoms with E-state index >= 15 is 0 Å². The Bertz CT molecular complexity index is 656. The first kappa shape index (κ1) is 14.0. The van der Waals surface area contributed by atoms with Gasteiger partial charge in [-0.1, -0.05) is 15.9 Å². The third kappa shape index (κ3) is 3.79. The van der Waals surface area contributed by atoms with Crippen LogP contribution in [-0.4, -0.2) is 24.6 Å². The van der Waals surface area contributed by atoms with Gasteiger partial charge in [0.05, 0.1) is 12.9 Å². The van der Waals surface area contributed by atoms with E-state index in [1.807, 2.05) is 4.57 Å². The third-order valence-electron chi connectivity index (χ3n) is 2.38. The average molecular weight is 346 g/mol. The molecule has 0 unspecified atom stereocenters. The number of sulfonamides is 1. The number of nitrogens with zero attached hydrogens (tertiary/aromatic N) is 2. The fraction of sp³-hybridized carbons (Fsp3) is 0.182. The van der Waals surface area contributed by atoms with Gasteiger partial charge in [-0.25, -0.2) is 18.5 Å². The molecule has 0 atom stereocenters. The van der Waals surface area contributed by atoms with Crippen LogP contribution in [0.25, 0.3) is 0 Å². The Labute approximate surface area is 119 Å². The summed E-state index contributed by atoms with van der Waals surface area (Å²) in [5, 5.41) is 5.15. The van der Waals surface area contributed by atoms with Crippen molar-refractivity contribution in [3.8, 4) is 5.75 Å². The van der Waals surface area contributed by atoms with Crippen molar-refractivity contribution in [1.29, 1.82) is 0 Å². The highest BCUT2D eigenvalue weighted by atomic mass is 79.9. The predicted molar refractivity (Wildman–Crippen MR) is 73.2 cm³/mol. The zero-order valence-electron chi connectivity index (χ0n) is 9.86. The molecule has 19 heavy (non-hydrogen) atoms. The van der Waals surface area contributed by atoms with Crippen molar-refractivity contribution >= 4 is 26.0 Å². The summed E-state index contributed by atoms with van der Waals surface area (Å²) in [6, 6.07) is 4.68. The van der Waals surface area contributed by atoms with E-state index in [4.69, 9.17) is 9.88 Å². The molecule has 0 spiro atoms. The Hall–Kier alpha value is -1.38. The van der Waals surface area contributed by atoms with Gasteiger partial charge in [0.25, 0.3) is 0 Å². The minimum atomic E-state index is -3.81. The smallest absolute Gasteiger partial charge is 0.241 e. The zero-order valence-corrected chi connectivity index (χ0v) is 12.3. The van der Waals surface area contributed by atoms with E-state index in [9.17, 15) is 8.42 Å². The summed E-state index contributed by atoms with van der Waals surface area (Å²) >= 11 is 3.20. The number of nitrogens with two attached hydrogens (primary N) is 1. The van der Waals surface area contributed by atoms with Crippen LogP contribution in [0, 0.1) is 0 Å². The molecule has 102 valence electrons. The van der Waals surface area contributed by atoms with Crippen LogP contribution in [0.15, 0.2) is 46.3 Å². The van der Waals surface area contributed by atoms with Crippen molar-refractivity contribution < 1.29 is 13.2 Å². The third-order valence-corrected chi connectivity index (χ3v) is 3.80. The molecule has 0 radical (unpaired) electrons. The molecular formula is C11H12BrN3O3S. The van der Waals surface area contributed by atoms with Gasteiger partial charge in [0, 0.05) is 16.9 Å². The van der Waals surface area contributed by atoms with Crippen molar-refractivity contribution in [3.05, 3.63) is 41.4 Å². The maximum atomic E-state index is 11.5. The fourth-order valence-electron chi connectivity index (χ4n) is 1.50. The minimum Gasteiger partial charge on any atom is -0.490 e. The van der Waals surface area contributed by atoms with E-state index in [-0.39, 0.29) is 10.6 Å². The van der Waals surface area contributed by atoms with Crippen LogP contribution in [0.4, 0.5) is 0 Å². The van der Waals surface area contributed by atoms with Crippen molar-refractivity contribution in [2.75, 3.05) is 6.61 Å². The SMILES string of the molecule is NS(=O)(=O)c1cc(Br)ccc1OCCn1ccnc1. The van der Waals surface area contributed by atoms with Crippen LogP contribution >= 0.6 is 15.9 Å². The normalized spacial score (nSPS) is 11.5. The lowest BCUT2D eigenvalue weighted by Crippen LogP contribution is -2.15. The highest BCUT2D eigenvalue weighted by molar-refractivity contribution is 9.10. The number of imidazole rings is 1. The molecule has 0 bridgehead atoms. The molecule has 0 saturated heterocycles. The lowest BCUT2D eigenvalue weighted by atomic mass is 10.3. The monoisotopic (exact) mass is 345 g/mol. The summed E-state index contributed by atoms with van der Waals surface area (Å²) in [4.78, 5) is 3.87. The minimum absolute atomic E-state index is 0.0347. The molecular weight excluding hydrogens is 334 g/mol. The Morgan fingerprint density at radius 2 is 2.21 bits per heavy atom. The summed E-state index contributed by atoms with van der Waals surface area (Å²) < 4.78 is 30.8. The Kier molecular flexibility index (Phi) is 4.23. The molecule has 2 aromatic rings. The summed E-state index contributed by atoms with van der Waals surface area (Å²) in [6.45, 7) is 0.890. The van der Waals surface area contributed by atoms with Gasteiger partial charge in [-0.2, -0.15) is 0 Å². The summed E-state index contributed by atoms with van der Waals surface area (Å²) in [5.74, 6) is 0.241. The molecule has 1 aromatic heterocycles. The highest BCUT2D eigenvalue weighted by Crippen LogP contribution is 2.26. The first-order valence-electron chi connectivity index (χ1n) is 5.38. The first-order valence-corrected chi connectivity index (χ1v) is 7.71. The number of ether oxygens (including phenoxy) is 1. The topological polar surface area (TPSA) is 87.2 Å². The fourth-order valence-corrected chi connectivity index (χ4v) is 2.71. The largest absolute Gasteiger partial charge is 0.490 e. The summed E-state index contributed by atoms with van der Waals surface area (Å²) in [7, 11) is -3.81. The Morgan fingerprint density at radius 1 is 1.42 bits per heavy atom. The molecule has 0 saturated carbocycles. The lowest BCUT2D eigenvalue weighted by Gasteiger charge is -2.10. The molecule has 8 heteroatoms. The van der Waals surface area contributed by atoms with Crippen LogP contribution in [-0.2, 0) is 16.6 Å². The van der Waals surface area contributed by atoms with Crippen molar-refractivity contribution in [3.63, 3.8) is 0 Å². The van der Waals surface area contributed by atoms with Crippen molar-refractivity contribution in [2.24, 2.45) is 5.14 Å². The van der Waals surface area contributed by atoms with Gasteiger partial charge in [-0.3, -0.25) is 0 Å². The van der Waals surface area contributed by atoms with Gasteiger partial charge in [0.2, 0.25) is 10.0 Å². The second-order valence-corrected chi connectivity index (χ2v) is 6.23. The highest BCUT2D eigenvalue weighted by Gasteiger charge is 2.15. The van der Waals surface area contributed by atoms with Gasteiger partial charge in [0.15, 0.2) is 0 Å². The predicted octanol–water partition coefficient (Wildman–Crippen LogP) is 1.37. The average Bonchev–Trinajstić information content (AvgIpc) is 2.83. The van der Waals surface area contributed by atoms with Crippen molar-refractivity contribution in [2.45, 2.75) is 11.4 Å². The molecule has 0 fully saturated rings. The van der Waals surface area contributed by atoms with Crippen LogP contribution in [0.2, 0.25) is 0 Å². The molecule has 0 amide bonds. The standard InChI is InChI=1S/C11H12BrN3O3S/c12-9-1-2-10(11(7-9)19(13,16)17)18-6-5-15-4-3-14-8-15/h1-4,7-8H,5-6H2,(H2,13,16,17).